The lowest BCUT2D eigenvalue weighted by atomic mass is 10.1. The Morgan fingerprint density at radius 1 is 1.39 bits per heavy atom. The average Bonchev–Trinajstić information content (AvgIpc) is 2.31. The molecular formula is C13H14ClNO3. The van der Waals surface area contributed by atoms with Gasteiger partial charge in [0.25, 0.3) is 0 Å². The summed E-state index contributed by atoms with van der Waals surface area (Å²) in [4.78, 5) is 22.5. The van der Waals surface area contributed by atoms with Gasteiger partial charge in [-0.3, -0.25) is 4.79 Å². The smallest absolute Gasteiger partial charge is 0.326 e. The first-order valence-corrected chi connectivity index (χ1v) is 5.78. The van der Waals surface area contributed by atoms with Crippen molar-refractivity contribution >= 4 is 23.5 Å². The van der Waals surface area contributed by atoms with Gasteiger partial charge >= 0.3 is 5.97 Å². The van der Waals surface area contributed by atoms with E-state index in [-0.39, 0.29) is 18.7 Å². The Balaban J connectivity index is 2.57. The van der Waals surface area contributed by atoms with Crippen molar-refractivity contribution < 1.29 is 14.7 Å². The van der Waals surface area contributed by atoms with Crippen molar-refractivity contribution in [2.24, 2.45) is 0 Å². The van der Waals surface area contributed by atoms with E-state index in [1.807, 2.05) is 0 Å². The number of hydrogen-bond donors (Lipinski definition) is 2. The van der Waals surface area contributed by atoms with E-state index in [9.17, 15) is 9.59 Å². The average molecular weight is 268 g/mol. The highest BCUT2D eigenvalue weighted by Gasteiger charge is 2.18. The van der Waals surface area contributed by atoms with Gasteiger partial charge in [0.05, 0.1) is 6.42 Å². The van der Waals surface area contributed by atoms with Crippen molar-refractivity contribution in [3.63, 3.8) is 0 Å². The molecule has 0 bridgehead atoms. The third kappa shape index (κ3) is 4.59. The third-order valence-corrected chi connectivity index (χ3v) is 2.57. The molecule has 0 aliphatic carbocycles. The van der Waals surface area contributed by atoms with Crippen LogP contribution in [0.2, 0.25) is 5.02 Å². The Kier molecular flexibility index (Phi) is 5.39. The summed E-state index contributed by atoms with van der Waals surface area (Å²) in [6.45, 7) is 3.45. The highest BCUT2D eigenvalue weighted by atomic mass is 35.5. The standard InChI is InChI=1S/C13H14ClNO3/c1-2-3-11(13(17)18)15-12(16)8-9-4-6-10(14)7-5-9/h2,4-7,11H,1,3,8H2,(H,15,16)(H,17,18). The van der Waals surface area contributed by atoms with Gasteiger partial charge in [0, 0.05) is 5.02 Å². The number of nitrogens with one attached hydrogen (secondary N) is 1. The number of halogens is 1. The lowest BCUT2D eigenvalue weighted by Crippen LogP contribution is -2.41. The first-order chi connectivity index (χ1) is 8.52. The molecule has 0 radical (unpaired) electrons. The maximum absolute atomic E-state index is 11.6. The predicted molar refractivity (Wildman–Crippen MR) is 69.5 cm³/mol. The van der Waals surface area contributed by atoms with Crippen LogP contribution in [0.1, 0.15) is 12.0 Å². The molecule has 4 nitrogen and oxygen atoms in total. The molecule has 18 heavy (non-hydrogen) atoms. The summed E-state index contributed by atoms with van der Waals surface area (Å²) >= 11 is 5.73. The van der Waals surface area contributed by atoms with E-state index in [1.54, 1.807) is 24.3 Å². The molecule has 96 valence electrons. The fourth-order valence-corrected chi connectivity index (χ4v) is 1.55. The van der Waals surface area contributed by atoms with Gasteiger partial charge in [0.15, 0.2) is 0 Å². The quantitative estimate of drug-likeness (QED) is 0.775. The van der Waals surface area contributed by atoms with Gasteiger partial charge in [-0.1, -0.05) is 29.8 Å². The molecule has 0 heterocycles. The minimum absolute atomic E-state index is 0.123. The van der Waals surface area contributed by atoms with Gasteiger partial charge in [-0.05, 0) is 24.1 Å². The van der Waals surface area contributed by atoms with Crippen LogP contribution >= 0.6 is 11.6 Å². The minimum Gasteiger partial charge on any atom is -0.480 e. The molecule has 0 spiro atoms. The molecule has 0 aromatic heterocycles. The normalized spacial score (nSPS) is 11.6. The first-order valence-electron chi connectivity index (χ1n) is 5.40. The molecule has 1 aromatic rings. The number of hydrogen-bond acceptors (Lipinski definition) is 2. The molecule has 5 heteroatoms. The molecule has 0 saturated carbocycles. The number of carbonyl (C=O) groups is 2. The molecule has 0 saturated heterocycles. The summed E-state index contributed by atoms with van der Waals surface area (Å²) in [5.74, 6) is -1.41. The van der Waals surface area contributed by atoms with Gasteiger partial charge in [-0.15, -0.1) is 6.58 Å². The van der Waals surface area contributed by atoms with Crippen molar-refractivity contribution in [2.75, 3.05) is 0 Å². The molecule has 0 aliphatic rings. The van der Waals surface area contributed by atoms with E-state index >= 15 is 0 Å². The van der Waals surface area contributed by atoms with Gasteiger partial charge in [-0.25, -0.2) is 4.79 Å². The largest absolute Gasteiger partial charge is 0.480 e. The summed E-state index contributed by atoms with van der Waals surface area (Å²) < 4.78 is 0. The number of benzene rings is 1. The Hall–Kier alpha value is -1.81. The van der Waals surface area contributed by atoms with Crippen molar-refractivity contribution in [2.45, 2.75) is 18.9 Å². The van der Waals surface area contributed by atoms with Crippen molar-refractivity contribution in [1.29, 1.82) is 0 Å². The summed E-state index contributed by atoms with van der Waals surface area (Å²) in [6, 6.07) is 5.89. The van der Waals surface area contributed by atoms with E-state index in [0.717, 1.165) is 5.56 Å². The second-order valence-corrected chi connectivity index (χ2v) is 4.22. The van der Waals surface area contributed by atoms with Gasteiger partial charge in [0.2, 0.25) is 5.91 Å². The monoisotopic (exact) mass is 267 g/mol. The van der Waals surface area contributed by atoms with Crippen LogP contribution in [-0.4, -0.2) is 23.0 Å². The fourth-order valence-electron chi connectivity index (χ4n) is 1.42. The van der Waals surface area contributed by atoms with Crippen LogP contribution < -0.4 is 5.32 Å². The molecule has 1 rings (SSSR count). The number of aliphatic carboxylic acids is 1. The van der Waals surface area contributed by atoms with E-state index < -0.39 is 12.0 Å². The second kappa shape index (κ2) is 6.81. The van der Waals surface area contributed by atoms with Crippen LogP contribution in [0.3, 0.4) is 0 Å². The van der Waals surface area contributed by atoms with Crippen molar-refractivity contribution in [3.05, 3.63) is 47.5 Å². The Morgan fingerprint density at radius 2 is 2.00 bits per heavy atom. The molecule has 0 aliphatic heterocycles. The Labute approximate surface area is 110 Å². The lowest BCUT2D eigenvalue weighted by molar-refractivity contribution is -0.141. The summed E-state index contributed by atoms with van der Waals surface area (Å²) in [5.41, 5.74) is 0.777. The van der Waals surface area contributed by atoms with Gasteiger partial charge < -0.3 is 10.4 Å². The first kappa shape index (κ1) is 14.3. The van der Waals surface area contributed by atoms with E-state index in [1.165, 1.54) is 6.08 Å². The number of carboxylic acids is 1. The van der Waals surface area contributed by atoms with E-state index in [2.05, 4.69) is 11.9 Å². The van der Waals surface area contributed by atoms with E-state index in [4.69, 9.17) is 16.7 Å². The molecular weight excluding hydrogens is 254 g/mol. The number of carboxylic acid groups (broad SMARTS) is 1. The SMILES string of the molecule is C=CCC(NC(=O)Cc1ccc(Cl)cc1)C(=O)O. The maximum atomic E-state index is 11.6. The van der Waals surface area contributed by atoms with Crippen LogP contribution in [0.5, 0.6) is 0 Å². The maximum Gasteiger partial charge on any atom is 0.326 e. The Morgan fingerprint density at radius 3 is 2.50 bits per heavy atom. The summed E-state index contributed by atoms with van der Waals surface area (Å²) in [7, 11) is 0. The molecule has 1 aromatic carbocycles. The predicted octanol–water partition coefficient (Wildman–Crippen LogP) is 2.03. The number of amides is 1. The van der Waals surface area contributed by atoms with Crippen LogP contribution in [-0.2, 0) is 16.0 Å². The topological polar surface area (TPSA) is 66.4 Å². The van der Waals surface area contributed by atoms with Crippen LogP contribution in [0.25, 0.3) is 0 Å². The molecule has 1 amide bonds. The van der Waals surface area contributed by atoms with Crippen molar-refractivity contribution in [3.8, 4) is 0 Å². The number of rotatable bonds is 6. The van der Waals surface area contributed by atoms with Crippen LogP contribution in [0, 0.1) is 0 Å². The van der Waals surface area contributed by atoms with E-state index in [0.29, 0.717) is 5.02 Å². The zero-order valence-corrected chi connectivity index (χ0v) is 10.5. The highest BCUT2D eigenvalue weighted by molar-refractivity contribution is 6.30. The third-order valence-electron chi connectivity index (χ3n) is 2.31. The zero-order chi connectivity index (χ0) is 13.5. The van der Waals surface area contributed by atoms with Gasteiger partial charge in [-0.2, -0.15) is 0 Å². The van der Waals surface area contributed by atoms with Crippen LogP contribution in [0.4, 0.5) is 0 Å². The lowest BCUT2D eigenvalue weighted by Gasteiger charge is -2.12. The second-order valence-electron chi connectivity index (χ2n) is 3.79. The summed E-state index contributed by atoms with van der Waals surface area (Å²) in [6.07, 6.45) is 1.78. The zero-order valence-electron chi connectivity index (χ0n) is 9.73. The molecule has 1 unspecified atom stereocenters. The number of carbonyl (C=O) groups excluding carboxylic acids is 1. The summed E-state index contributed by atoms with van der Waals surface area (Å²) in [5, 5.41) is 11.9. The Bertz CT molecular complexity index is 442. The molecule has 2 N–H and O–H groups in total. The molecule has 0 fully saturated rings. The van der Waals surface area contributed by atoms with Crippen LogP contribution in [0.15, 0.2) is 36.9 Å². The minimum atomic E-state index is -1.07. The van der Waals surface area contributed by atoms with Gasteiger partial charge in [0.1, 0.15) is 6.04 Å². The highest BCUT2D eigenvalue weighted by Crippen LogP contribution is 2.10. The van der Waals surface area contributed by atoms with Crippen molar-refractivity contribution in [1.82, 2.24) is 5.32 Å². The fraction of sp³-hybridized carbons (Fsp3) is 0.231. The molecule has 1 atom stereocenters.